The largest absolute Gasteiger partial charge is 0.352 e. The fraction of sp³-hybridized carbons (Fsp3) is 0.923. The van der Waals surface area contributed by atoms with Crippen LogP contribution in [0.15, 0.2) is 0 Å². The fourth-order valence-electron chi connectivity index (χ4n) is 2.48. The number of rotatable bonds is 3. The fourth-order valence-corrected chi connectivity index (χ4v) is 2.59. The quantitative estimate of drug-likeness (QED) is 0.792. The lowest BCUT2D eigenvalue weighted by Crippen LogP contribution is -2.49. The summed E-state index contributed by atoms with van der Waals surface area (Å²) in [6.45, 7) is 8.31. The summed E-state index contributed by atoms with van der Waals surface area (Å²) in [5.41, 5.74) is 0. The molecule has 1 saturated carbocycles. The highest BCUT2D eigenvalue weighted by Gasteiger charge is 2.32. The van der Waals surface area contributed by atoms with E-state index in [1.165, 1.54) is 19.3 Å². The molecule has 0 heterocycles. The van der Waals surface area contributed by atoms with Gasteiger partial charge in [0.2, 0.25) is 5.91 Å². The highest BCUT2D eigenvalue weighted by Crippen LogP contribution is 2.30. The van der Waals surface area contributed by atoms with Crippen LogP contribution in [0.25, 0.3) is 0 Å². The van der Waals surface area contributed by atoms with Gasteiger partial charge in [-0.2, -0.15) is 0 Å². The number of hydrogen-bond donors (Lipinski definition) is 1. The van der Waals surface area contributed by atoms with Crippen LogP contribution in [0.4, 0.5) is 0 Å². The van der Waals surface area contributed by atoms with E-state index >= 15 is 0 Å². The van der Waals surface area contributed by atoms with E-state index in [1.807, 2.05) is 13.8 Å². The lowest BCUT2D eigenvalue weighted by Gasteiger charge is -2.36. The Bertz CT molecular complexity index is 245. The predicted molar refractivity (Wildman–Crippen MR) is 71.7 cm³/mol. The second-order valence-electron chi connectivity index (χ2n) is 5.74. The van der Waals surface area contributed by atoms with Gasteiger partial charge in [0.15, 0.2) is 0 Å². The first kappa shape index (κ1) is 14.0. The van der Waals surface area contributed by atoms with Crippen LogP contribution in [0.5, 0.6) is 0 Å². The molecule has 0 radical (unpaired) electrons. The molecule has 2 nitrogen and oxygen atoms in total. The Morgan fingerprint density at radius 3 is 2.38 bits per heavy atom. The summed E-state index contributed by atoms with van der Waals surface area (Å²) in [7, 11) is 0. The van der Waals surface area contributed by atoms with Gasteiger partial charge in [-0.1, -0.05) is 42.6 Å². The molecule has 1 aliphatic rings. The van der Waals surface area contributed by atoms with Crippen LogP contribution in [0.2, 0.25) is 0 Å². The van der Waals surface area contributed by atoms with Gasteiger partial charge in [-0.25, -0.2) is 0 Å². The van der Waals surface area contributed by atoms with E-state index in [9.17, 15) is 4.79 Å². The van der Waals surface area contributed by atoms with Gasteiger partial charge in [0.05, 0.1) is 4.32 Å². The monoisotopic (exact) mass is 289 g/mol. The van der Waals surface area contributed by atoms with Crippen LogP contribution in [-0.4, -0.2) is 16.3 Å². The SMILES string of the molecule is CC(C)C1CCCCC1NC(=O)C(C)(C)Br. The maximum atomic E-state index is 11.9. The lowest BCUT2D eigenvalue weighted by molar-refractivity contribution is -0.124. The van der Waals surface area contributed by atoms with Gasteiger partial charge < -0.3 is 5.32 Å². The van der Waals surface area contributed by atoms with Crippen molar-refractivity contribution < 1.29 is 4.79 Å². The highest BCUT2D eigenvalue weighted by atomic mass is 79.9. The molecule has 3 heteroatoms. The van der Waals surface area contributed by atoms with Gasteiger partial charge >= 0.3 is 0 Å². The topological polar surface area (TPSA) is 29.1 Å². The molecule has 94 valence electrons. The van der Waals surface area contributed by atoms with Crippen molar-refractivity contribution in [1.82, 2.24) is 5.32 Å². The number of hydrogen-bond acceptors (Lipinski definition) is 1. The standard InChI is InChI=1S/C13H24BrNO/c1-9(2)10-7-5-6-8-11(10)15-12(16)13(3,4)14/h9-11H,5-8H2,1-4H3,(H,15,16). The molecule has 1 rings (SSSR count). The third kappa shape index (κ3) is 3.76. The van der Waals surface area contributed by atoms with E-state index < -0.39 is 4.32 Å². The average molecular weight is 290 g/mol. The van der Waals surface area contributed by atoms with Gasteiger partial charge in [0.25, 0.3) is 0 Å². The minimum Gasteiger partial charge on any atom is -0.352 e. The zero-order chi connectivity index (χ0) is 12.3. The summed E-state index contributed by atoms with van der Waals surface area (Å²) in [5, 5.41) is 3.20. The Balaban J connectivity index is 2.60. The van der Waals surface area contributed by atoms with E-state index in [0.29, 0.717) is 17.9 Å². The van der Waals surface area contributed by atoms with Gasteiger partial charge in [-0.15, -0.1) is 0 Å². The molecule has 0 spiro atoms. The minimum absolute atomic E-state index is 0.116. The van der Waals surface area contributed by atoms with Crippen LogP contribution in [0.1, 0.15) is 53.4 Å². The van der Waals surface area contributed by atoms with Crippen molar-refractivity contribution in [2.24, 2.45) is 11.8 Å². The van der Waals surface area contributed by atoms with E-state index in [2.05, 4.69) is 35.1 Å². The summed E-state index contributed by atoms with van der Waals surface area (Å²) < 4.78 is -0.452. The molecule has 0 bridgehead atoms. The number of alkyl halides is 1. The lowest BCUT2D eigenvalue weighted by atomic mass is 9.77. The van der Waals surface area contributed by atoms with Crippen LogP contribution >= 0.6 is 15.9 Å². The van der Waals surface area contributed by atoms with Crippen molar-refractivity contribution in [1.29, 1.82) is 0 Å². The van der Waals surface area contributed by atoms with Crippen molar-refractivity contribution in [3.8, 4) is 0 Å². The molecule has 2 unspecified atom stereocenters. The summed E-state index contributed by atoms with van der Waals surface area (Å²) in [4.78, 5) is 11.9. The molecule has 1 N–H and O–H groups in total. The third-order valence-corrected chi connectivity index (χ3v) is 3.89. The van der Waals surface area contributed by atoms with Gasteiger partial charge in [-0.05, 0) is 38.5 Å². The molecule has 0 aromatic rings. The van der Waals surface area contributed by atoms with Crippen LogP contribution in [-0.2, 0) is 4.79 Å². The first-order valence-electron chi connectivity index (χ1n) is 6.32. The Kier molecular flexibility index (Phi) is 4.84. The zero-order valence-electron chi connectivity index (χ0n) is 10.8. The summed E-state index contributed by atoms with van der Waals surface area (Å²) in [5.74, 6) is 1.42. The van der Waals surface area contributed by atoms with Crippen molar-refractivity contribution in [2.75, 3.05) is 0 Å². The predicted octanol–water partition coefficient (Wildman–Crippen LogP) is 3.49. The summed E-state index contributed by atoms with van der Waals surface area (Å²) in [6, 6.07) is 0.373. The van der Waals surface area contributed by atoms with E-state index in [4.69, 9.17) is 0 Å². The zero-order valence-corrected chi connectivity index (χ0v) is 12.4. The number of carbonyl (C=O) groups is 1. The Morgan fingerprint density at radius 2 is 1.88 bits per heavy atom. The van der Waals surface area contributed by atoms with Crippen molar-refractivity contribution in [3.63, 3.8) is 0 Å². The van der Waals surface area contributed by atoms with Crippen LogP contribution in [0, 0.1) is 11.8 Å². The minimum atomic E-state index is -0.452. The number of nitrogens with one attached hydrogen (secondary N) is 1. The van der Waals surface area contributed by atoms with E-state index in [0.717, 1.165) is 6.42 Å². The number of amides is 1. The van der Waals surface area contributed by atoms with Gasteiger partial charge in [-0.3, -0.25) is 4.79 Å². The summed E-state index contributed by atoms with van der Waals surface area (Å²) >= 11 is 3.42. The van der Waals surface area contributed by atoms with Crippen LogP contribution in [0.3, 0.4) is 0 Å². The van der Waals surface area contributed by atoms with Gasteiger partial charge in [0, 0.05) is 6.04 Å². The summed E-state index contributed by atoms with van der Waals surface area (Å²) in [6.07, 6.45) is 4.95. The smallest absolute Gasteiger partial charge is 0.236 e. The molecule has 0 saturated heterocycles. The molecule has 0 aliphatic heterocycles. The first-order valence-corrected chi connectivity index (χ1v) is 7.11. The second-order valence-corrected chi connectivity index (χ2v) is 7.73. The van der Waals surface area contributed by atoms with E-state index in [-0.39, 0.29) is 5.91 Å². The molecule has 0 aromatic carbocycles. The van der Waals surface area contributed by atoms with Gasteiger partial charge in [0.1, 0.15) is 0 Å². The second kappa shape index (κ2) is 5.52. The average Bonchev–Trinajstić information content (AvgIpc) is 2.16. The van der Waals surface area contributed by atoms with E-state index in [1.54, 1.807) is 0 Å². The van der Waals surface area contributed by atoms with Crippen molar-refractivity contribution >= 4 is 21.8 Å². The van der Waals surface area contributed by atoms with Crippen molar-refractivity contribution in [3.05, 3.63) is 0 Å². The molecule has 1 aliphatic carbocycles. The molecular weight excluding hydrogens is 266 g/mol. The normalized spacial score (nSPS) is 26.9. The third-order valence-electron chi connectivity index (χ3n) is 3.53. The Morgan fingerprint density at radius 1 is 1.31 bits per heavy atom. The van der Waals surface area contributed by atoms with Crippen molar-refractivity contribution in [2.45, 2.75) is 63.7 Å². The maximum absolute atomic E-state index is 11.9. The molecule has 1 fully saturated rings. The molecule has 0 aromatic heterocycles. The molecule has 1 amide bonds. The molecule has 2 atom stereocenters. The molecular formula is C13H24BrNO. The van der Waals surface area contributed by atoms with Crippen LogP contribution < -0.4 is 5.32 Å². The highest BCUT2D eigenvalue weighted by molar-refractivity contribution is 9.10. The number of halogens is 1. The number of carbonyl (C=O) groups excluding carboxylic acids is 1. The maximum Gasteiger partial charge on any atom is 0.236 e. The molecule has 16 heavy (non-hydrogen) atoms. The first-order chi connectivity index (χ1) is 7.32. The Hall–Kier alpha value is -0.0500. The Labute approximate surface area is 108 Å².